The lowest BCUT2D eigenvalue weighted by Gasteiger charge is -2.30. The summed E-state index contributed by atoms with van der Waals surface area (Å²) in [4.78, 5) is 12.3. The van der Waals surface area contributed by atoms with E-state index in [1.807, 2.05) is 38.1 Å². The van der Waals surface area contributed by atoms with Crippen LogP contribution in [0.15, 0.2) is 28.7 Å². The number of ether oxygens (including phenoxy) is 1. The van der Waals surface area contributed by atoms with E-state index in [0.717, 1.165) is 23.0 Å². The summed E-state index contributed by atoms with van der Waals surface area (Å²) in [5, 5.41) is 3.33. The summed E-state index contributed by atoms with van der Waals surface area (Å²) in [6, 6.07) is 7.83. The van der Waals surface area contributed by atoms with Crippen LogP contribution in [-0.2, 0) is 9.53 Å². The van der Waals surface area contributed by atoms with Gasteiger partial charge in [0.2, 0.25) is 0 Å². The van der Waals surface area contributed by atoms with Crippen LogP contribution >= 0.6 is 15.9 Å². The Morgan fingerprint density at radius 2 is 2.15 bits per heavy atom. The number of carbonyl (C=O) groups excluding carboxylic acids is 1. The van der Waals surface area contributed by atoms with E-state index in [4.69, 9.17) is 4.74 Å². The molecule has 20 heavy (non-hydrogen) atoms. The Morgan fingerprint density at radius 3 is 2.70 bits per heavy atom. The highest BCUT2D eigenvalue weighted by molar-refractivity contribution is 9.10. The molecule has 1 rings (SSSR count). The predicted octanol–water partition coefficient (Wildman–Crippen LogP) is 4.62. The van der Waals surface area contributed by atoms with Crippen LogP contribution in [0.4, 0.5) is 5.69 Å². The molecule has 0 spiro atoms. The average molecular weight is 342 g/mol. The van der Waals surface area contributed by atoms with Gasteiger partial charge in [-0.2, -0.15) is 0 Å². The van der Waals surface area contributed by atoms with Crippen LogP contribution < -0.4 is 5.32 Å². The van der Waals surface area contributed by atoms with E-state index in [1.54, 1.807) is 0 Å². The lowest BCUT2D eigenvalue weighted by Crippen LogP contribution is -2.45. The Balaban J connectivity index is 2.88. The van der Waals surface area contributed by atoms with Gasteiger partial charge in [-0.05, 0) is 50.8 Å². The number of hydrogen-bond donors (Lipinski definition) is 1. The van der Waals surface area contributed by atoms with Gasteiger partial charge in [0.05, 0.1) is 6.61 Å². The molecule has 0 aromatic heterocycles. The monoisotopic (exact) mass is 341 g/mol. The molecule has 0 heterocycles. The Hall–Kier alpha value is -1.03. The maximum absolute atomic E-state index is 12.3. The van der Waals surface area contributed by atoms with E-state index in [2.05, 4.69) is 35.1 Å². The molecule has 1 unspecified atom stereocenters. The lowest BCUT2D eigenvalue weighted by molar-refractivity contribution is -0.148. The number of esters is 1. The number of rotatable bonds is 7. The van der Waals surface area contributed by atoms with Crippen LogP contribution in [-0.4, -0.2) is 18.1 Å². The maximum Gasteiger partial charge on any atom is 0.331 e. The first kappa shape index (κ1) is 17.0. The molecule has 0 amide bonds. The second-order valence-corrected chi connectivity index (χ2v) is 6.54. The van der Waals surface area contributed by atoms with E-state index in [9.17, 15) is 4.79 Å². The summed E-state index contributed by atoms with van der Waals surface area (Å²) >= 11 is 3.44. The molecule has 0 saturated carbocycles. The van der Waals surface area contributed by atoms with Gasteiger partial charge in [-0.1, -0.05) is 35.8 Å². The molecule has 0 aliphatic carbocycles. The van der Waals surface area contributed by atoms with Gasteiger partial charge >= 0.3 is 5.97 Å². The molecule has 0 fully saturated rings. The first-order valence-electron chi connectivity index (χ1n) is 7.08. The molecular weight excluding hydrogens is 318 g/mol. The minimum atomic E-state index is -0.693. The fourth-order valence-electron chi connectivity index (χ4n) is 1.97. The van der Waals surface area contributed by atoms with Crippen molar-refractivity contribution in [3.8, 4) is 0 Å². The molecule has 1 aromatic carbocycles. The molecule has 4 heteroatoms. The molecule has 0 radical (unpaired) electrons. The summed E-state index contributed by atoms with van der Waals surface area (Å²) in [5.41, 5.74) is 0.222. The van der Waals surface area contributed by atoms with Crippen molar-refractivity contribution >= 4 is 27.6 Å². The van der Waals surface area contributed by atoms with Gasteiger partial charge in [0, 0.05) is 10.2 Å². The quantitative estimate of drug-likeness (QED) is 0.735. The SMILES string of the molecule is CCOC(=O)C(C)(CCC(C)C)Nc1cccc(Br)c1. The first-order valence-corrected chi connectivity index (χ1v) is 7.87. The Bertz CT molecular complexity index is 448. The van der Waals surface area contributed by atoms with E-state index in [1.165, 1.54) is 0 Å². The smallest absolute Gasteiger partial charge is 0.331 e. The zero-order valence-corrected chi connectivity index (χ0v) is 14.3. The van der Waals surface area contributed by atoms with Crippen molar-refractivity contribution in [2.75, 3.05) is 11.9 Å². The van der Waals surface area contributed by atoms with Crippen LogP contribution in [0, 0.1) is 5.92 Å². The van der Waals surface area contributed by atoms with E-state index in [-0.39, 0.29) is 5.97 Å². The van der Waals surface area contributed by atoms with Crippen molar-refractivity contribution < 1.29 is 9.53 Å². The summed E-state index contributed by atoms with van der Waals surface area (Å²) < 4.78 is 6.21. The predicted molar refractivity (Wildman–Crippen MR) is 86.9 cm³/mol. The second-order valence-electron chi connectivity index (χ2n) is 5.62. The largest absolute Gasteiger partial charge is 0.464 e. The molecule has 1 N–H and O–H groups in total. The summed E-state index contributed by atoms with van der Waals surface area (Å²) in [6.45, 7) is 8.46. The highest BCUT2D eigenvalue weighted by Gasteiger charge is 2.34. The third-order valence-electron chi connectivity index (χ3n) is 3.19. The van der Waals surface area contributed by atoms with Crippen molar-refractivity contribution in [2.45, 2.75) is 46.1 Å². The van der Waals surface area contributed by atoms with E-state index >= 15 is 0 Å². The van der Waals surface area contributed by atoms with Gasteiger partial charge in [-0.15, -0.1) is 0 Å². The molecule has 0 aliphatic heterocycles. The number of hydrogen-bond acceptors (Lipinski definition) is 3. The molecule has 0 bridgehead atoms. The third kappa shape index (κ3) is 5.16. The second kappa shape index (κ2) is 7.67. The number of carbonyl (C=O) groups is 1. The van der Waals surface area contributed by atoms with Crippen LogP contribution in [0.3, 0.4) is 0 Å². The Kier molecular flexibility index (Phi) is 6.53. The zero-order chi connectivity index (χ0) is 15.2. The van der Waals surface area contributed by atoms with E-state index in [0.29, 0.717) is 12.5 Å². The maximum atomic E-state index is 12.3. The standard InChI is InChI=1S/C16H24BrNO2/c1-5-20-15(19)16(4,10-9-12(2)3)18-14-8-6-7-13(17)11-14/h6-8,11-12,18H,5,9-10H2,1-4H3. The van der Waals surface area contributed by atoms with Gasteiger partial charge in [-0.3, -0.25) is 0 Å². The number of benzene rings is 1. The van der Waals surface area contributed by atoms with Crippen molar-refractivity contribution in [1.29, 1.82) is 0 Å². The van der Waals surface area contributed by atoms with Crippen molar-refractivity contribution in [1.82, 2.24) is 0 Å². The summed E-state index contributed by atoms with van der Waals surface area (Å²) in [7, 11) is 0. The van der Waals surface area contributed by atoms with Gasteiger partial charge in [-0.25, -0.2) is 4.79 Å². The summed E-state index contributed by atoms with van der Waals surface area (Å²) in [6.07, 6.45) is 1.71. The van der Waals surface area contributed by atoms with Gasteiger partial charge in [0.25, 0.3) is 0 Å². The van der Waals surface area contributed by atoms with Crippen molar-refractivity contribution in [3.05, 3.63) is 28.7 Å². The normalized spacial score (nSPS) is 13.9. The number of anilines is 1. The first-order chi connectivity index (χ1) is 9.37. The molecular formula is C16H24BrNO2. The average Bonchev–Trinajstić information content (AvgIpc) is 2.36. The van der Waals surface area contributed by atoms with Crippen molar-refractivity contribution in [2.24, 2.45) is 5.92 Å². The number of nitrogens with one attached hydrogen (secondary N) is 1. The van der Waals surface area contributed by atoms with Gasteiger partial charge in [0.1, 0.15) is 5.54 Å². The molecule has 1 atom stereocenters. The number of halogens is 1. The highest BCUT2D eigenvalue weighted by Crippen LogP contribution is 2.25. The van der Waals surface area contributed by atoms with Crippen LogP contribution in [0.5, 0.6) is 0 Å². The minimum Gasteiger partial charge on any atom is -0.464 e. The molecule has 1 aromatic rings. The third-order valence-corrected chi connectivity index (χ3v) is 3.69. The molecule has 3 nitrogen and oxygen atoms in total. The molecule has 0 saturated heterocycles. The Morgan fingerprint density at radius 1 is 1.45 bits per heavy atom. The van der Waals surface area contributed by atoms with E-state index < -0.39 is 5.54 Å². The van der Waals surface area contributed by atoms with Crippen LogP contribution in [0.25, 0.3) is 0 Å². The van der Waals surface area contributed by atoms with Crippen LogP contribution in [0.1, 0.15) is 40.5 Å². The lowest BCUT2D eigenvalue weighted by atomic mass is 9.91. The Labute approximate surface area is 130 Å². The fourth-order valence-corrected chi connectivity index (χ4v) is 2.37. The fraction of sp³-hybridized carbons (Fsp3) is 0.562. The highest BCUT2D eigenvalue weighted by atomic mass is 79.9. The topological polar surface area (TPSA) is 38.3 Å². The van der Waals surface area contributed by atoms with Gasteiger partial charge in [0.15, 0.2) is 0 Å². The van der Waals surface area contributed by atoms with Gasteiger partial charge < -0.3 is 10.1 Å². The van der Waals surface area contributed by atoms with Crippen LogP contribution in [0.2, 0.25) is 0 Å². The summed E-state index contributed by atoms with van der Waals surface area (Å²) in [5.74, 6) is 0.355. The molecule has 112 valence electrons. The minimum absolute atomic E-state index is 0.194. The van der Waals surface area contributed by atoms with Crippen molar-refractivity contribution in [3.63, 3.8) is 0 Å². The zero-order valence-electron chi connectivity index (χ0n) is 12.7. The molecule has 0 aliphatic rings.